The molecule has 28 heavy (non-hydrogen) atoms. The van der Waals surface area contributed by atoms with Gasteiger partial charge in [0.1, 0.15) is 5.56 Å². The fourth-order valence-electron chi connectivity index (χ4n) is 3.12. The smallest absolute Gasteiger partial charge is 0.261 e. The van der Waals surface area contributed by atoms with Gasteiger partial charge in [0.25, 0.3) is 11.5 Å². The number of hydrogen-bond donors (Lipinski definition) is 2. The van der Waals surface area contributed by atoms with Gasteiger partial charge in [-0.3, -0.25) is 19.0 Å². The van der Waals surface area contributed by atoms with Crippen LogP contribution in [0.15, 0.2) is 64.6 Å². The largest absolute Gasteiger partial charge is 0.360 e. The highest BCUT2D eigenvalue weighted by Crippen LogP contribution is 2.16. The fraction of sp³-hybridized carbons (Fsp3) is 0.143. The SMILES string of the molecule is CC(C)n1cnc2ccc(NC(=O)c3c[nH]c4ccccc4c3=O)cc2c1=O. The van der Waals surface area contributed by atoms with Crippen molar-refractivity contribution in [1.29, 1.82) is 0 Å². The second-order valence-electron chi connectivity index (χ2n) is 6.81. The molecule has 0 bridgehead atoms. The lowest BCUT2D eigenvalue weighted by molar-refractivity contribution is 0.102. The van der Waals surface area contributed by atoms with Gasteiger partial charge in [-0.05, 0) is 44.2 Å². The molecule has 0 saturated heterocycles. The average molecular weight is 374 g/mol. The number of anilines is 1. The topological polar surface area (TPSA) is 96.8 Å². The van der Waals surface area contributed by atoms with Crippen molar-refractivity contribution in [3.8, 4) is 0 Å². The first-order valence-electron chi connectivity index (χ1n) is 8.88. The summed E-state index contributed by atoms with van der Waals surface area (Å²) in [5.74, 6) is -0.542. The first-order valence-corrected chi connectivity index (χ1v) is 8.88. The zero-order valence-corrected chi connectivity index (χ0v) is 15.4. The van der Waals surface area contributed by atoms with E-state index in [0.717, 1.165) is 0 Å². The molecule has 140 valence electrons. The zero-order valence-electron chi connectivity index (χ0n) is 15.4. The van der Waals surface area contributed by atoms with E-state index in [9.17, 15) is 14.4 Å². The standard InChI is InChI=1S/C21H18N4O3/c1-12(2)25-11-23-18-8-7-13(9-15(18)21(25)28)24-20(27)16-10-22-17-6-4-3-5-14(17)19(16)26/h3-12H,1-2H3,(H,22,26)(H,24,27). The number of carbonyl (C=O) groups is 1. The van der Waals surface area contributed by atoms with Gasteiger partial charge in [-0.2, -0.15) is 0 Å². The molecule has 0 fully saturated rings. The van der Waals surface area contributed by atoms with Gasteiger partial charge in [0, 0.05) is 28.8 Å². The Bertz CT molecular complexity index is 1340. The monoisotopic (exact) mass is 374 g/mol. The third-order valence-electron chi connectivity index (χ3n) is 4.63. The summed E-state index contributed by atoms with van der Waals surface area (Å²) < 4.78 is 1.53. The lowest BCUT2D eigenvalue weighted by atomic mass is 10.1. The van der Waals surface area contributed by atoms with Crippen LogP contribution in [0.3, 0.4) is 0 Å². The predicted molar refractivity (Wildman–Crippen MR) is 109 cm³/mol. The molecule has 0 aliphatic rings. The molecule has 0 aliphatic heterocycles. The molecule has 2 heterocycles. The maximum absolute atomic E-state index is 12.6. The molecule has 4 aromatic rings. The minimum atomic E-state index is -0.542. The van der Waals surface area contributed by atoms with Gasteiger partial charge >= 0.3 is 0 Å². The van der Waals surface area contributed by atoms with Crippen LogP contribution in [0.2, 0.25) is 0 Å². The van der Waals surface area contributed by atoms with Gasteiger partial charge in [-0.25, -0.2) is 4.98 Å². The maximum Gasteiger partial charge on any atom is 0.261 e. The number of para-hydroxylation sites is 1. The van der Waals surface area contributed by atoms with Crippen LogP contribution in [-0.4, -0.2) is 20.4 Å². The summed E-state index contributed by atoms with van der Waals surface area (Å²) in [7, 11) is 0. The van der Waals surface area contributed by atoms with Gasteiger partial charge in [0.15, 0.2) is 0 Å². The van der Waals surface area contributed by atoms with Crippen LogP contribution in [0.25, 0.3) is 21.8 Å². The lowest BCUT2D eigenvalue weighted by Crippen LogP contribution is -2.23. The van der Waals surface area contributed by atoms with Crippen LogP contribution in [0, 0.1) is 0 Å². The number of aromatic amines is 1. The molecule has 0 spiro atoms. The Morgan fingerprint density at radius 1 is 1.11 bits per heavy atom. The molecule has 7 heteroatoms. The maximum atomic E-state index is 12.6. The van der Waals surface area contributed by atoms with E-state index in [4.69, 9.17) is 0 Å². The Morgan fingerprint density at radius 2 is 1.89 bits per heavy atom. The number of pyridine rings is 1. The van der Waals surface area contributed by atoms with Crippen LogP contribution in [0.5, 0.6) is 0 Å². The molecule has 0 saturated carbocycles. The summed E-state index contributed by atoms with van der Waals surface area (Å²) in [6, 6.07) is 11.9. The van der Waals surface area contributed by atoms with Gasteiger partial charge in [0.2, 0.25) is 5.43 Å². The summed E-state index contributed by atoms with van der Waals surface area (Å²) in [5, 5.41) is 3.54. The van der Waals surface area contributed by atoms with Crippen LogP contribution < -0.4 is 16.3 Å². The summed E-state index contributed by atoms with van der Waals surface area (Å²) in [6.45, 7) is 3.79. The first kappa shape index (κ1) is 17.7. The number of aromatic nitrogens is 3. The number of hydrogen-bond acceptors (Lipinski definition) is 4. The van der Waals surface area contributed by atoms with E-state index in [1.807, 2.05) is 19.9 Å². The molecule has 1 amide bonds. The number of nitrogens with one attached hydrogen (secondary N) is 2. The Hall–Kier alpha value is -3.74. The lowest BCUT2D eigenvalue weighted by Gasteiger charge is -2.11. The molecular weight excluding hydrogens is 356 g/mol. The third-order valence-corrected chi connectivity index (χ3v) is 4.63. The molecule has 0 unspecified atom stereocenters. The van der Waals surface area contributed by atoms with Crippen molar-refractivity contribution in [1.82, 2.24) is 14.5 Å². The molecule has 0 radical (unpaired) electrons. The number of fused-ring (bicyclic) bond motifs is 2. The van der Waals surface area contributed by atoms with Crippen molar-refractivity contribution in [2.75, 3.05) is 5.32 Å². The first-order chi connectivity index (χ1) is 13.5. The van der Waals surface area contributed by atoms with E-state index in [0.29, 0.717) is 27.5 Å². The van der Waals surface area contributed by atoms with Crippen molar-refractivity contribution in [2.45, 2.75) is 19.9 Å². The third kappa shape index (κ3) is 2.96. The number of rotatable bonds is 3. The van der Waals surface area contributed by atoms with Crippen molar-refractivity contribution in [2.24, 2.45) is 0 Å². The summed E-state index contributed by atoms with van der Waals surface area (Å²) in [6.07, 6.45) is 2.91. The summed E-state index contributed by atoms with van der Waals surface area (Å²) in [4.78, 5) is 45.1. The van der Waals surface area contributed by atoms with E-state index in [1.54, 1.807) is 36.4 Å². The van der Waals surface area contributed by atoms with E-state index in [-0.39, 0.29) is 22.6 Å². The molecular formula is C21H18N4O3. The van der Waals surface area contributed by atoms with Crippen LogP contribution in [0.4, 0.5) is 5.69 Å². The second-order valence-corrected chi connectivity index (χ2v) is 6.81. The van der Waals surface area contributed by atoms with Gasteiger partial charge in [-0.15, -0.1) is 0 Å². The van der Waals surface area contributed by atoms with Crippen LogP contribution >= 0.6 is 0 Å². The summed E-state index contributed by atoms with van der Waals surface area (Å²) >= 11 is 0. The van der Waals surface area contributed by atoms with Crippen molar-refractivity contribution in [3.63, 3.8) is 0 Å². The Labute approximate surface area is 159 Å². The summed E-state index contributed by atoms with van der Waals surface area (Å²) in [5.41, 5.74) is 1.10. The van der Waals surface area contributed by atoms with Gasteiger partial charge in [0.05, 0.1) is 17.2 Å². The fourth-order valence-corrected chi connectivity index (χ4v) is 3.12. The average Bonchev–Trinajstić information content (AvgIpc) is 2.69. The van der Waals surface area contributed by atoms with Gasteiger partial charge < -0.3 is 10.3 Å². The quantitative estimate of drug-likeness (QED) is 0.576. The zero-order chi connectivity index (χ0) is 19.8. The molecule has 7 nitrogen and oxygen atoms in total. The van der Waals surface area contributed by atoms with Crippen LogP contribution in [0.1, 0.15) is 30.2 Å². The number of nitrogens with zero attached hydrogens (tertiary/aromatic N) is 2. The van der Waals surface area contributed by atoms with Crippen LogP contribution in [-0.2, 0) is 0 Å². The van der Waals surface area contributed by atoms with Gasteiger partial charge in [-0.1, -0.05) is 12.1 Å². The normalized spacial score (nSPS) is 11.2. The Kier molecular flexibility index (Phi) is 4.27. The predicted octanol–water partition coefficient (Wildman–Crippen LogP) is 3.07. The van der Waals surface area contributed by atoms with E-state index >= 15 is 0 Å². The van der Waals surface area contributed by atoms with Crippen molar-refractivity contribution < 1.29 is 4.79 Å². The number of H-pyrrole nitrogens is 1. The number of carbonyl (C=O) groups excluding carboxylic acids is 1. The molecule has 2 aromatic heterocycles. The Balaban J connectivity index is 1.73. The Morgan fingerprint density at radius 3 is 2.68 bits per heavy atom. The van der Waals surface area contributed by atoms with E-state index in [2.05, 4.69) is 15.3 Å². The molecule has 0 aliphatic carbocycles. The second kappa shape index (κ2) is 6.77. The molecule has 2 N–H and O–H groups in total. The highest BCUT2D eigenvalue weighted by Gasteiger charge is 2.14. The number of benzene rings is 2. The molecule has 4 rings (SSSR count). The van der Waals surface area contributed by atoms with Crippen molar-refractivity contribution >= 4 is 33.4 Å². The minimum absolute atomic E-state index is 0.00424. The van der Waals surface area contributed by atoms with Crippen molar-refractivity contribution in [3.05, 3.63) is 81.1 Å². The highest BCUT2D eigenvalue weighted by atomic mass is 16.2. The molecule has 2 aromatic carbocycles. The van der Waals surface area contributed by atoms with E-state index in [1.165, 1.54) is 17.1 Å². The van der Waals surface area contributed by atoms with E-state index < -0.39 is 5.91 Å². The number of amides is 1. The highest BCUT2D eigenvalue weighted by molar-refractivity contribution is 6.06. The minimum Gasteiger partial charge on any atom is -0.360 e. The molecule has 0 atom stereocenters.